The molecule has 2 bridgehead atoms. The average molecular weight is 589 g/mol. The number of aryl methyl sites for hydroxylation is 1. The summed E-state index contributed by atoms with van der Waals surface area (Å²) in [6, 6.07) is 3.33. The van der Waals surface area contributed by atoms with E-state index < -0.39 is 12.1 Å². The molecule has 1 saturated heterocycles. The van der Waals surface area contributed by atoms with Crippen LogP contribution in [0.3, 0.4) is 0 Å². The largest absolute Gasteiger partial charge is 0.493 e. The van der Waals surface area contributed by atoms with Crippen LogP contribution in [0.2, 0.25) is 0 Å². The molecular formula is C31H36N6O6. The molecule has 0 unspecified atom stereocenters. The first kappa shape index (κ1) is 29.0. The first-order valence-corrected chi connectivity index (χ1v) is 14.3. The van der Waals surface area contributed by atoms with Crippen LogP contribution >= 0.6 is 0 Å². The normalized spacial score (nSPS) is 25.0. The van der Waals surface area contributed by atoms with Crippen LogP contribution in [-0.2, 0) is 17.6 Å². The van der Waals surface area contributed by atoms with Crippen LogP contribution in [0.1, 0.15) is 45.5 Å². The van der Waals surface area contributed by atoms with Gasteiger partial charge in [-0.3, -0.25) is 9.80 Å². The van der Waals surface area contributed by atoms with Crippen LogP contribution in [0, 0.1) is 25.2 Å². The molecule has 2 aromatic carbocycles. The number of piperazine rings is 1. The van der Waals surface area contributed by atoms with Crippen molar-refractivity contribution in [1.82, 2.24) is 9.80 Å². The summed E-state index contributed by atoms with van der Waals surface area (Å²) in [4.78, 5) is 7.65. The number of fused-ring (bicyclic) bond motifs is 9. The zero-order valence-electron chi connectivity index (χ0n) is 25.1. The molecule has 12 nitrogen and oxygen atoms in total. The van der Waals surface area contributed by atoms with Gasteiger partial charge < -0.3 is 28.4 Å². The molecule has 43 heavy (non-hydrogen) atoms. The number of rotatable bonds is 9. The minimum Gasteiger partial charge on any atom is -0.493 e. The van der Waals surface area contributed by atoms with Crippen LogP contribution < -0.4 is 23.7 Å². The SMILES string of the molecule is C=CCOc1c(C)c2c(c3c1C[C@H]1[C@H]4c5c(cc(C)c(OC)c5OCOC)C[C@H]([C@H](C#N)N1[C@H]3CN=[N+]=[N-])N4C)OCO2. The number of methoxy groups -OCH3 is 2. The molecule has 0 N–H and O–H groups in total. The fraction of sp³-hybridized carbons (Fsp3) is 0.516. The van der Waals surface area contributed by atoms with Gasteiger partial charge in [-0.15, -0.1) is 0 Å². The van der Waals surface area contributed by atoms with E-state index in [2.05, 4.69) is 45.6 Å². The van der Waals surface area contributed by atoms with E-state index in [0.29, 0.717) is 48.2 Å². The molecule has 1 fully saturated rings. The van der Waals surface area contributed by atoms with Gasteiger partial charge in [-0.25, -0.2) is 0 Å². The molecular weight excluding hydrogens is 552 g/mol. The van der Waals surface area contributed by atoms with E-state index >= 15 is 0 Å². The fourth-order valence-electron chi connectivity index (χ4n) is 7.70. The Labute approximate surface area is 250 Å². The van der Waals surface area contributed by atoms with Crippen LogP contribution in [-0.4, -0.2) is 75.9 Å². The molecule has 0 radical (unpaired) electrons. The van der Waals surface area contributed by atoms with Gasteiger partial charge in [0.15, 0.2) is 29.8 Å². The first-order valence-electron chi connectivity index (χ1n) is 14.3. The van der Waals surface area contributed by atoms with Gasteiger partial charge in [0.2, 0.25) is 6.79 Å². The van der Waals surface area contributed by atoms with Crippen LogP contribution in [0.25, 0.3) is 10.4 Å². The molecule has 6 rings (SSSR count). The van der Waals surface area contributed by atoms with Crippen LogP contribution in [0.15, 0.2) is 23.8 Å². The Bertz CT molecular complexity index is 1550. The minimum atomic E-state index is -0.492. The summed E-state index contributed by atoms with van der Waals surface area (Å²) >= 11 is 0. The Balaban J connectivity index is 1.62. The highest BCUT2D eigenvalue weighted by molar-refractivity contribution is 5.66. The lowest BCUT2D eigenvalue weighted by molar-refractivity contribution is -0.0719. The molecule has 0 amide bonds. The summed E-state index contributed by atoms with van der Waals surface area (Å²) in [7, 11) is 5.31. The van der Waals surface area contributed by atoms with E-state index in [4.69, 9.17) is 28.4 Å². The van der Waals surface area contributed by atoms with E-state index in [0.717, 1.165) is 33.4 Å². The van der Waals surface area contributed by atoms with Crippen molar-refractivity contribution in [2.75, 3.05) is 48.0 Å². The third-order valence-corrected chi connectivity index (χ3v) is 9.23. The highest BCUT2D eigenvalue weighted by Gasteiger charge is 2.56. The first-order chi connectivity index (χ1) is 20.9. The second kappa shape index (κ2) is 11.5. The lowest BCUT2D eigenvalue weighted by atomic mass is 9.71. The van der Waals surface area contributed by atoms with Crippen molar-refractivity contribution >= 4 is 0 Å². The summed E-state index contributed by atoms with van der Waals surface area (Å²) in [5.74, 6) is 3.25. The zero-order chi connectivity index (χ0) is 30.4. The second-order valence-electron chi connectivity index (χ2n) is 11.3. The van der Waals surface area contributed by atoms with Gasteiger partial charge in [0, 0.05) is 58.9 Å². The van der Waals surface area contributed by atoms with E-state index in [9.17, 15) is 10.8 Å². The van der Waals surface area contributed by atoms with Gasteiger partial charge >= 0.3 is 0 Å². The molecule has 0 spiro atoms. The minimum absolute atomic E-state index is 0.0614. The fourth-order valence-corrected chi connectivity index (χ4v) is 7.70. The quantitative estimate of drug-likeness (QED) is 0.135. The maximum Gasteiger partial charge on any atom is 0.231 e. The summed E-state index contributed by atoms with van der Waals surface area (Å²) in [6.45, 7) is 8.36. The molecule has 0 aromatic heterocycles. The van der Waals surface area contributed by atoms with Crippen molar-refractivity contribution in [2.45, 2.75) is 56.9 Å². The van der Waals surface area contributed by atoms with Gasteiger partial charge in [-0.2, -0.15) is 5.26 Å². The summed E-state index contributed by atoms with van der Waals surface area (Å²) < 4.78 is 35.7. The number of hydrogen-bond donors (Lipinski definition) is 0. The molecule has 0 saturated carbocycles. The maximum atomic E-state index is 10.7. The van der Waals surface area contributed by atoms with Crippen molar-refractivity contribution in [2.24, 2.45) is 5.11 Å². The maximum absolute atomic E-state index is 10.7. The third kappa shape index (κ3) is 4.34. The van der Waals surface area contributed by atoms with Crippen molar-refractivity contribution in [3.63, 3.8) is 0 Å². The third-order valence-electron chi connectivity index (χ3n) is 9.23. The molecule has 0 aliphatic carbocycles. The van der Waals surface area contributed by atoms with Crippen molar-refractivity contribution in [3.05, 3.63) is 62.5 Å². The van der Waals surface area contributed by atoms with Gasteiger partial charge in [0.25, 0.3) is 0 Å². The molecule has 4 aliphatic heterocycles. The standard InChI is InChI=1S/C31H36N6O6/c1-7-8-40-28-17(3)29-31(43-15-42-29)25-19(28)11-21-26-24-18(9-16(2)27(39-6)30(24)41-14-38-5)10-20(36(26)4)22(12-32)37(21)23(25)13-34-35-33/h7,9,20-23,26H,1,8,10-11,13-15H2,2-6H3/t20-,21+,22+,23+,26+/m1/s1. The van der Waals surface area contributed by atoms with Crippen LogP contribution in [0.5, 0.6) is 28.7 Å². The summed E-state index contributed by atoms with van der Waals surface area (Å²) in [5, 5.41) is 14.8. The van der Waals surface area contributed by atoms with Gasteiger partial charge in [0.05, 0.1) is 19.2 Å². The van der Waals surface area contributed by atoms with Gasteiger partial charge in [-0.05, 0) is 50.4 Å². The zero-order valence-corrected chi connectivity index (χ0v) is 25.1. The Morgan fingerprint density at radius 3 is 2.63 bits per heavy atom. The number of azide groups is 1. The van der Waals surface area contributed by atoms with Crippen molar-refractivity contribution in [1.29, 1.82) is 5.26 Å². The lowest BCUT2D eigenvalue weighted by Crippen LogP contribution is -2.68. The molecule has 12 heteroatoms. The number of likely N-dealkylation sites (N-methyl/N-ethyl adjacent to an activating group) is 1. The van der Waals surface area contributed by atoms with E-state index in [1.54, 1.807) is 20.3 Å². The number of nitriles is 1. The lowest BCUT2D eigenvalue weighted by Gasteiger charge is -2.60. The summed E-state index contributed by atoms with van der Waals surface area (Å²) in [5.41, 5.74) is 15.2. The molecule has 4 aliphatic rings. The monoisotopic (exact) mass is 588 g/mol. The van der Waals surface area contributed by atoms with E-state index in [-0.39, 0.29) is 38.3 Å². The Morgan fingerprint density at radius 1 is 1.14 bits per heavy atom. The molecule has 226 valence electrons. The number of ether oxygens (including phenoxy) is 6. The molecule has 2 aromatic rings. The molecule has 4 heterocycles. The molecule has 5 atom stereocenters. The van der Waals surface area contributed by atoms with E-state index in [1.807, 2.05) is 13.8 Å². The Hall–Kier alpha value is -4.14. The number of nitrogens with zero attached hydrogens (tertiary/aromatic N) is 6. The second-order valence-corrected chi connectivity index (χ2v) is 11.3. The number of benzene rings is 2. The Kier molecular flexibility index (Phi) is 7.75. The van der Waals surface area contributed by atoms with Crippen LogP contribution in [0.4, 0.5) is 0 Å². The topological polar surface area (TPSA) is 134 Å². The predicted octanol–water partition coefficient (Wildman–Crippen LogP) is 4.67. The van der Waals surface area contributed by atoms with Gasteiger partial charge in [-0.1, -0.05) is 23.8 Å². The Morgan fingerprint density at radius 2 is 1.93 bits per heavy atom. The van der Waals surface area contributed by atoms with E-state index in [1.165, 1.54) is 0 Å². The predicted molar refractivity (Wildman–Crippen MR) is 157 cm³/mol. The van der Waals surface area contributed by atoms with Crippen molar-refractivity contribution < 1.29 is 28.4 Å². The highest BCUT2D eigenvalue weighted by Crippen LogP contribution is 2.58. The van der Waals surface area contributed by atoms with Gasteiger partial charge in [0.1, 0.15) is 18.4 Å². The average Bonchev–Trinajstić information content (AvgIpc) is 3.49. The highest BCUT2D eigenvalue weighted by atomic mass is 16.7. The smallest absolute Gasteiger partial charge is 0.231 e. The number of hydrogen-bond acceptors (Lipinski definition) is 10. The summed E-state index contributed by atoms with van der Waals surface area (Å²) in [6.07, 6.45) is 2.89. The van der Waals surface area contributed by atoms with Crippen molar-refractivity contribution in [3.8, 4) is 34.8 Å².